The molecule has 1 aromatic carbocycles. The molecule has 49 heavy (non-hydrogen) atoms. The van der Waals surface area contributed by atoms with Crippen molar-refractivity contribution >= 4 is 37.0 Å². The topological polar surface area (TPSA) is 216 Å². The van der Waals surface area contributed by atoms with Gasteiger partial charge in [0.25, 0.3) is 0 Å². The number of nitriles is 1. The Morgan fingerprint density at radius 2 is 1.90 bits per heavy atom. The summed E-state index contributed by atoms with van der Waals surface area (Å²) in [7, 11) is -4.52. The Labute approximate surface area is 282 Å². The average molecular weight is 699 g/mol. The van der Waals surface area contributed by atoms with Crippen LogP contribution in [0.25, 0.3) is 5.52 Å². The van der Waals surface area contributed by atoms with Crippen molar-refractivity contribution < 1.29 is 46.9 Å². The van der Waals surface area contributed by atoms with E-state index in [1.54, 1.807) is 38.1 Å². The zero-order chi connectivity index (χ0) is 35.2. The second-order valence-electron chi connectivity index (χ2n) is 11.8. The fraction of sp³-hybridized carbons (Fsp3) is 0.500. The molecule has 2 aliphatic rings. The quantitative estimate of drug-likeness (QED) is 0.132. The highest BCUT2D eigenvalue weighted by molar-refractivity contribution is 7.52. The minimum absolute atomic E-state index is 0.0779. The number of carbonyl (C=O) groups is 3. The Morgan fingerprint density at radius 1 is 1.16 bits per heavy atom. The van der Waals surface area contributed by atoms with Crippen molar-refractivity contribution in [2.75, 3.05) is 25.6 Å². The standard InChI is InChI=1S/C32H39N6O10P/c1-4-26(39)46-30-31(17-33,44-19-32(30,47-27(40)5-2)25-15-14-24-28(34)35-20-36-38(24)25)18-45-49(42,48-23-12-7-6-8-13-23)37-21(3)29(41)43-16-22-10-9-11-22/h6-8,12-15,20-22,30H,4-5,9-11,16,18-19H2,1-3H3,(H,37,42)(H2,34,35,36)/t21-,30+,31+,32+,49?/m0/s1. The molecule has 1 aliphatic carbocycles. The number of rotatable bonds is 15. The largest absolute Gasteiger partial charge is 0.464 e. The summed E-state index contributed by atoms with van der Waals surface area (Å²) in [5.74, 6) is -1.63. The number of nitrogens with two attached hydrogens (primary N) is 1. The summed E-state index contributed by atoms with van der Waals surface area (Å²) in [6, 6.07) is 12.0. The minimum atomic E-state index is -4.52. The molecular weight excluding hydrogens is 659 g/mol. The number of carbonyl (C=O) groups excluding carboxylic acids is 3. The van der Waals surface area contributed by atoms with Gasteiger partial charge in [0.05, 0.1) is 18.9 Å². The van der Waals surface area contributed by atoms with E-state index in [-0.39, 0.29) is 42.6 Å². The summed E-state index contributed by atoms with van der Waals surface area (Å²) in [4.78, 5) is 42.8. The third-order valence-corrected chi connectivity index (χ3v) is 10.1. The van der Waals surface area contributed by atoms with Gasteiger partial charge in [0.2, 0.25) is 11.2 Å². The number of esters is 3. The molecule has 1 saturated heterocycles. The molecule has 3 heterocycles. The molecule has 5 rings (SSSR count). The molecule has 0 radical (unpaired) electrons. The van der Waals surface area contributed by atoms with Gasteiger partial charge < -0.3 is 29.2 Å². The lowest BCUT2D eigenvalue weighted by atomic mass is 9.85. The predicted octanol–water partition coefficient (Wildman–Crippen LogP) is 3.60. The summed E-state index contributed by atoms with van der Waals surface area (Å²) in [6.45, 7) is 3.44. The van der Waals surface area contributed by atoms with Crippen LogP contribution in [0.5, 0.6) is 5.75 Å². The zero-order valence-corrected chi connectivity index (χ0v) is 28.3. The highest BCUT2D eigenvalue weighted by atomic mass is 31.2. The van der Waals surface area contributed by atoms with Crippen molar-refractivity contribution in [2.24, 2.45) is 5.92 Å². The van der Waals surface area contributed by atoms with E-state index in [0.29, 0.717) is 5.52 Å². The van der Waals surface area contributed by atoms with Crippen molar-refractivity contribution in [2.45, 2.75) is 76.2 Å². The maximum atomic E-state index is 14.4. The molecule has 1 saturated carbocycles. The number of para-hydroxylation sites is 1. The summed E-state index contributed by atoms with van der Waals surface area (Å²) in [6.07, 6.45) is 2.31. The van der Waals surface area contributed by atoms with Gasteiger partial charge in [-0.05, 0) is 49.9 Å². The molecular formula is C32H39N6O10P. The van der Waals surface area contributed by atoms with Gasteiger partial charge in [-0.2, -0.15) is 15.4 Å². The monoisotopic (exact) mass is 698 g/mol. The molecule has 5 atom stereocenters. The number of hydrogen-bond acceptors (Lipinski definition) is 14. The van der Waals surface area contributed by atoms with Gasteiger partial charge in [-0.15, -0.1) is 0 Å². The highest BCUT2D eigenvalue weighted by Crippen LogP contribution is 2.50. The Balaban J connectivity index is 1.51. The van der Waals surface area contributed by atoms with Crippen LogP contribution in [-0.4, -0.2) is 70.1 Å². The van der Waals surface area contributed by atoms with E-state index in [1.807, 2.05) is 6.07 Å². The summed E-state index contributed by atoms with van der Waals surface area (Å²) < 4.78 is 50.7. The molecule has 0 bridgehead atoms. The molecule has 0 amide bonds. The van der Waals surface area contributed by atoms with E-state index in [1.165, 1.54) is 36.0 Å². The third kappa shape index (κ3) is 7.55. The first kappa shape index (κ1) is 35.7. The molecule has 0 spiro atoms. The van der Waals surface area contributed by atoms with Crippen LogP contribution in [-0.2, 0) is 48.0 Å². The fourth-order valence-electron chi connectivity index (χ4n) is 5.47. The van der Waals surface area contributed by atoms with E-state index in [4.69, 9.17) is 33.7 Å². The number of anilines is 1. The molecule has 2 fully saturated rings. The second kappa shape index (κ2) is 14.9. The predicted molar refractivity (Wildman–Crippen MR) is 171 cm³/mol. The lowest BCUT2D eigenvalue weighted by Gasteiger charge is -2.36. The van der Waals surface area contributed by atoms with Crippen molar-refractivity contribution in [1.82, 2.24) is 19.7 Å². The maximum Gasteiger partial charge on any atom is 0.459 e. The van der Waals surface area contributed by atoms with Crippen molar-refractivity contribution in [3.05, 3.63) is 54.5 Å². The number of nitrogens with zero attached hydrogens (tertiary/aromatic N) is 4. The average Bonchev–Trinajstić information content (AvgIpc) is 3.64. The third-order valence-electron chi connectivity index (χ3n) is 8.43. The number of fused-ring (bicyclic) bond motifs is 1. The lowest BCUT2D eigenvalue weighted by molar-refractivity contribution is -0.187. The van der Waals surface area contributed by atoms with Crippen LogP contribution in [0.2, 0.25) is 0 Å². The summed E-state index contributed by atoms with van der Waals surface area (Å²) >= 11 is 0. The lowest BCUT2D eigenvalue weighted by Crippen LogP contribution is -2.55. The van der Waals surface area contributed by atoms with Gasteiger partial charge in [0.15, 0.2) is 11.9 Å². The van der Waals surface area contributed by atoms with E-state index >= 15 is 0 Å². The van der Waals surface area contributed by atoms with E-state index in [0.717, 1.165) is 19.3 Å². The van der Waals surface area contributed by atoms with Crippen LogP contribution in [0.4, 0.5) is 5.82 Å². The molecule has 3 N–H and O–H groups in total. The van der Waals surface area contributed by atoms with Crippen molar-refractivity contribution in [3.63, 3.8) is 0 Å². The molecule has 2 aromatic heterocycles. The van der Waals surface area contributed by atoms with Crippen LogP contribution in [0, 0.1) is 17.2 Å². The van der Waals surface area contributed by atoms with Gasteiger partial charge in [-0.25, -0.2) is 14.1 Å². The SMILES string of the molecule is CCC(=O)O[C@@H]1[C@@](C#N)(COP(=O)(N[C@@H](C)C(=O)OCC2CCC2)Oc2ccccc2)OC[C@@]1(OC(=O)CC)c1ccc2c(N)ncnn12. The van der Waals surface area contributed by atoms with Gasteiger partial charge in [0, 0.05) is 12.8 Å². The Bertz CT molecular complexity index is 1760. The minimum Gasteiger partial charge on any atom is -0.464 e. The first-order valence-electron chi connectivity index (χ1n) is 16.0. The van der Waals surface area contributed by atoms with Crippen LogP contribution >= 0.6 is 7.75 Å². The molecule has 1 unspecified atom stereocenters. The van der Waals surface area contributed by atoms with Crippen LogP contribution in [0.1, 0.15) is 58.6 Å². The van der Waals surface area contributed by atoms with Crippen molar-refractivity contribution in [3.8, 4) is 11.8 Å². The Kier molecular flexibility index (Phi) is 10.9. The number of nitrogens with one attached hydrogen (secondary N) is 1. The number of ether oxygens (including phenoxy) is 4. The zero-order valence-electron chi connectivity index (χ0n) is 27.4. The summed E-state index contributed by atoms with van der Waals surface area (Å²) in [5, 5.41) is 17.5. The second-order valence-corrected chi connectivity index (χ2v) is 13.5. The first-order valence-corrected chi connectivity index (χ1v) is 17.5. The van der Waals surface area contributed by atoms with E-state index in [2.05, 4.69) is 15.2 Å². The molecule has 3 aromatic rings. The normalized spacial score (nSPS) is 23.8. The first-order chi connectivity index (χ1) is 23.5. The molecule has 17 heteroatoms. The molecule has 1 aliphatic heterocycles. The van der Waals surface area contributed by atoms with Gasteiger partial charge >= 0.3 is 25.7 Å². The molecule has 262 valence electrons. The number of hydrogen-bond donors (Lipinski definition) is 2. The van der Waals surface area contributed by atoms with Gasteiger partial charge in [-0.3, -0.25) is 18.9 Å². The van der Waals surface area contributed by atoms with Crippen LogP contribution in [0.15, 0.2) is 48.8 Å². The van der Waals surface area contributed by atoms with E-state index in [9.17, 15) is 24.2 Å². The highest BCUT2D eigenvalue weighted by Gasteiger charge is 2.67. The number of aromatic nitrogens is 3. The van der Waals surface area contributed by atoms with Gasteiger partial charge in [0.1, 0.15) is 36.3 Å². The van der Waals surface area contributed by atoms with Crippen LogP contribution in [0.3, 0.4) is 0 Å². The number of benzene rings is 1. The fourth-order valence-corrected chi connectivity index (χ4v) is 6.99. The maximum absolute atomic E-state index is 14.4. The Hall–Kier alpha value is -4.55. The molecule has 16 nitrogen and oxygen atoms in total. The Morgan fingerprint density at radius 3 is 2.55 bits per heavy atom. The van der Waals surface area contributed by atoms with Gasteiger partial charge in [-0.1, -0.05) is 38.5 Å². The number of nitrogen functional groups attached to an aromatic ring is 1. The van der Waals surface area contributed by atoms with Crippen LogP contribution < -0.4 is 15.3 Å². The van der Waals surface area contributed by atoms with Crippen molar-refractivity contribution in [1.29, 1.82) is 5.26 Å². The smallest absolute Gasteiger partial charge is 0.459 e. The van der Waals surface area contributed by atoms with E-state index < -0.39 is 62.2 Å². The summed E-state index contributed by atoms with van der Waals surface area (Å²) in [5.41, 5.74) is 2.39.